The molecule has 1 amide bonds. The second-order valence-corrected chi connectivity index (χ2v) is 4.88. The minimum atomic E-state index is -0.844. The van der Waals surface area contributed by atoms with Gasteiger partial charge in [0.25, 0.3) is 0 Å². The first-order valence-corrected chi connectivity index (χ1v) is 6.31. The van der Waals surface area contributed by atoms with Crippen molar-refractivity contribution < 1.29 is 19.4 Å². The second-order valence-electron chi connectivity index (χ2n) is 4.88. The number of ether oxygens (including phenoxy) is 1. The van der Waals surface area contributed by atoms with Gasteiger partial charge in [-0.05, 0) is 19.3 Å². The molecule has 0 spiro atoms. The summed E-state index contributed by atoms with van der Waals surface area (Å²) in [5.41, 5.74) is 5.17. The number of rotatable bonds is 6. The topological polar surface area (TPSA) is 102 Å². The molecule has 1 fully saturated rings. The SMILES string of the molecule is CC(CCNC(=O)C1(CN)CCOCC1)C(=O)O. The van der Waals surface area contributed by atoms with Crippen LogP contribution in [0.15, 0.2) is 0 Å². The number of carboxylic acids is 1. The molecule has 0 saturated carbocycles. The van der Waals surface area contributed by atoms with Gasteiger partial charge in [-0.25, -0.2) is 0 Å². The van der Waals surface area contributed by atoms with Crippen molar-refractivity contribution in [3.8, 4) is 0 Å². The van der Waals surface area contributed by atoms with Crippen LogP contribution in [0.5, 0.6) is 0 Å². The molecule has 0 radical (unpaired) electrons. The predicted octanol–water partition coefficient (Wildman–Crippen LogP) is -0.0311. The summed E-state index contributed by atoms with van der Waals surface area (Å²) in [6.07, 6.45) is 1.69. The van der Waals surface area contributed by atoms with Gasteiger partial charge in [-0.3, -0.25) is 9.59 Å². The number of hydrogen-bond acceptors (Lipinski definition) is 4. The predicted molar refractivity (Wildman–Crippen MR) is 66.0 cm³/mol. The second kappa shape index (κ2) is 6.70. The van der Waals surface area contributed by atoms with E-state index in [1.54, 1.807) is 6.92 Å². The summed E-state index contributed by atoms with van der Waals surface area (Å²) in [6.45, 7) is 3.40. The van der Waals surface area contributed by atoms with Crippen LogP contribution >= 0.6 is 0 Å². The van der Waals surface area contributed by atoms with E-state index in [2.05, 4.69) is 5.32 Å². The van der Waals surface area contributed by atoms with E-state index in [-0.39, 0.29) is 5.91 Å². The number of carboxylic acid groups (broad SMARTS) is 1. The molecule has 4 N–H and O–H groups in total. The minimum Gasteiger partial charge on any atom is -0.481 e. The lowest BCUT2D eigenvalue weighted by molar-refractivity contribution is -0.142. The quantitative estimate of drug-likeness (QED) is 0.621. The molecule has 6 heteroatoms. The van der Waals surface area contributed by atoms with Crippen LogP contribution in [0, 0.1) is 11.3 Å². The van der Waals surface area contributed by atoms with Crippen molar-refractivity contribution >= 4 is 11.9 Å². The van der Waals surface area contributed by atoms with E-state index in [4.69, 9.17) is 15.6 Å². The van der Waals surface area contributed by atoms with E-state index >= 15 is 0 Å². The largest absolute Gasteiger partial charge is 0.481 e. The molecule has 0 bridgehead atoms. The van der Waals surface area contributed by atoms with Gasteiger partial charge in [0.05, 0.1) is 11.3 Å². The van der Waals surface area contributed by atoms with Crippen molar-refractivity contribution in [2.75, 3.05) is 26.3 Å². The molecule has 1 atom stereocenters. The van der Waals surface area contributed by atoms with E-state index in [1.165, 1.54) is 0 Å². The number of amides is 1. The van der Waals surface area contributed by atoms with Gasteiger partial charge < -0.3 is 20.9 Å². The maximum atomic E-state index is 12.1. The Labute approximate surface area is 107 Å². The summed E-state index contributed by atoms with van der Waals surface area (Å²) in [5.74, 6) is -1.37. The highest BCUT2D eigenvalue weighted by Crippen LogP contribution is 2.29. The van der Waals surface area contributed by atoms with E-state index in [0.717, 1.165) is 0 Å². The molecule has 1 heterocycles. The molecule has 0 aromatic rings. The van der Waals surface area contributed by atoms with Crippen molar-refractivity contribution in [1.82, 2.24) is 5.32 Å². The summed E-state index contributed by atoms with van der Waals surface area (Å²) < 4.78 is 5.24. The van der Waals surface area contributed by atoms with Crippen LogP contribution in [0.3, 0.4) is 0 Å². The lowest BCUT2D eigenvalue weighted by atomic mass is 9.79. The standard InChI is InChI=1S/C12H22N2O4/c1-9(10(15)16)2-5-14-11(17)12(8-13)3-6-18-7-4-12/h9H,2-8,13H2,1H3,(H,14,17)(H,15,16). The Bertz CT molecular complexity index is 300. The molecule has 6 nitrogen and oxygen atoms in total. The first kappa shape index (κ1) is 14.9. The van der Waals surface area contributed by atoms with Gasteiger partial charge in [0.15, 0.2) is 0 Å². The molecule has 1 rings (SSSR count). The van der Waals surface area contributed by atoms with Crippen LogP contribution < -0.4 is 11.1 Å². The van der Waals surface area contributed by atoms with Gasteiger partial charge in [0, 0.05) is 26.3 Å². The van der Waals surface area contributed by atoms with Gasteiger partial charge in [0.1, 0.15) is 0 Å². The molecular weight excluding hydrogens is 236 g/mol. The van der Waals surface area contributed by atoms with E-state index in [0.29, 0.717) is 45.6 Å². The Balaban J connectivity index is 2.41. The van der Waals surface area contributed by atoms with Gasteiger partial charge in [-0.15, -0.1) is 0 Å². The van der Waals surface area contributed by atoms with Crippen molar-refractivity contribution in [1.29, 1.82) is 0 Å². The highest BCUT2D eigenvalue weighted by molar-refractivity contribution is 5.83. The highest BCUT2D eigenvalue weighted by Gasteiger charge is 2.38. The molecule has 1 aliphatic heterocycles. The number of aliphatic carboxylic acids is 1. The number of nitrogens with one attached hydrogen (secondary N) is 1. The molecule has 1 unspecified atom stereocenters. The van der Waals surface area contributed by atoms with Crippen molar-refractivity contribution in [2.45, 2.75) is 26.2 Å². The third-order valence-electron chi connectivity index (χ3n) is 3.61. The average molecular weight is 258 g/mol. The number of carbonyl (C=O) groups is 2. The highest BCUT2D eigenvalue weighted by atomic mass is 16.5. The summed E-state index contributed by atoms with van der Waals surface area (Å²) in [5, 5.41) is 11.5. The first-order chi connectivity index (χ1) is 8.52. The first-order valence-electron chi connectivity index (χ1n) is 6.31. The normalized spacial score (nSPS) is 20.1. The summed E-state index contributed by atoms with van der Waals surface area (Å²) in [7, 11) is 0. The zero-order chi connectivity index (χ0) is 13.6. The van der Waals surface area contributed by atoms with E-state index < -0.39 is 17.3 Å². The fourth-order valence-electron chi connectivity index (χ4n) is 2.00. The maximum absolute atomic E-state index is 12.1. The smallest absolute Gasteiger partial charge is 0.306 e. The Morgan fingerprint density at radius 3 is 2.56 bits per heavy atom. The Morgan fingerprint density at radius 1 is 1.44 bits per heavy atom. The Kier molecular flexibility index (Phi) is 5.55. The Morgan fingerprint density at radius 2 is 2.06 bits per heavy atom. The zero-order valence-corrected chi connectivity index (χ0v) is 10.8. The van der Waals surface area contributed by atoms with Crippen LogP contribution in [-0.2, 0) is 14.3 Å². The molecule has 0 aromatic heterocycles. The fraction of sp³-hybridized carbons (Fsp3) is 0.833. The van der Waals surface area contributed by atoms with Crippen molar-refractivity contribution in [2.24, 2.45) is 17.1 Å². The molecule has 1 saturated heterocycles. The van der Waals surface area contributed by atoms with Gasteiger partial charge >= 0.3 is 5.97 Å². The molecule has 1 aliphatic rings. The molecular formula is C12H22N2O4. The third kappa shape index (κ3) is 3.68. The Hall–Kier alpha value is -1.14. The van der Waals surface area contributed by atoms with Crippen LogP contribution in [0.2, 0.25) is 0 Å². The number of hydrogen-bond donors (Lipinski definition) is 3. The van der Waals surface area contributed by atoms with Gasteiger partial charge in [-0.2, -0.15) is 0 Å². The lowest BCUT2D eigenvalue weighted by Crippen LogP contribution is -2.49. The van der Waals surface area contributed by atoms with E-state index in [1.807, 2.05) is 0 Å². The van der Waals surface area contributed by atoms with Crippen LogP contribution in [0.25, 0.3) is 0 Å². The third-order valence-corrected chi connectivity index (χ3v) is 3.61. The summed E-state index contributed by atoms with van der Waals surface area (Å²) in [6, 6.07) is 0. The van der Waals surface area contributed by atoms with Crippen LogP contribution in [0.4, 0.5) is 0 Å². The summed E-state index contributed by atoms with van der Waals surface area (Å²) in [4.78, 5) is 22.8. The van der Waals surface area contributed by atoms with Gasteiger partial charge in [-0.1, -0.05) is 6.92 Å². The number of carbonyl (C=O) groups excluding carboxylic acids is 1. The molecule has 18 heavy (non-hydrogen) atoms. The summed E-state index contributed by atoms with van der Waals surface area (Å²) >= 11 is 0. The number of nitrogens with two attached hydrogens (primary N) is 1. The van der Waals surface area contributed by atoms with Crippen molar-refractivity contribution in [3.63, 3.8) is 0 Å². The molecule has 0 aromatic carbocycles. The molecule has 104 valence electrons. The molecule has 0 aliphatic carbocycles. The zero-order valence-electron chi connectivity index (χ0n) is 10.8. The fourth-order valence-corrected chi connectivity index (χ4v) is 2.00. The minimum absolute atomic E-state index is 0.0779. The maximum Gasteiger partial charge on any atom is 0.306 e. The lowest BCUT2D eigenvalue weighted by Gasteiger charge is -2.34. The van der Waals surface area contributed by atoms with Crippen LogP contribution in [-0.4, -0.2) is 43.3 Å². The monoisotopic (exact) mass is 258 g/mol. The average Bonchev–Trinajstić information content (AvgIpc) is 2.39. The van der Waals surface area contributed by atoms with Gasteiger partial charge in [0.2, 0.25) is 5.91 Å². The van der Waals surface area contributed by atoms with Crippen molar-refractivity contribution in [3.05, 3.63) is 0 Å². The van der Waals surface area contributed by atoms with Crippen LogP contribution in [0.1, 0.15) is 26.2 Å². The van der Waals surface area contributed by atoms with E-state index in [9.17, 15) is 9.59 Å².